The first kappa shape index (κ1) is 15.1. The number of hydrogen-bond acceptors (Lipinski definition) is 3. The molecule has 0 atom stereocenters. The molecule has 0 aliphatic rings. The summed E-state index contributed by atoms with van der Waals surface area (Å²) in [7, 11) is 0. The molecule has 6 heteroatoms. The average molecular weight is 380 g/mol. The second-order valence-corrected chi connectivity index (χ2v) is 5.90. The maximum absolute atomic E-state index is 11.9. The summed E-state index contributed by atoms with van der Waals surface area (Å²) in [6.07, 6.45) is 0. The molecule has 1 aromatic heterocycles. The summed E-state index contributed by atoms with van der Waals surface area (Å²) in [5, 5.41) is 0.614. The van der Waals surface area contributed by atoms with E-state index in [0.717, 1.165) is 21.1 Å². The molecule has 22 heavy (non-hydrogen) atoms. The first-order chi connectivity index (χ1) is 10.6. The first-order valence-electron chi connectivity index (χ1n) is 6.71. The van der Waals surface area contributed by atoms with Gasteiger partial charge in [-0.3, -0.25) is 0 Å². The lowest BCUT2D eigenvalue weighted by molar-refractivity contribution is 0.0526. The Balaban J connectivity index is 2.12. The van der Waals surface area contributed by atoms with E-state index in [9.17, 15) is 4.79 Å². The van der Waals surface area contributed by atoms with Gasteiger partial charge in [0.15, 0.2) is 0 Å². The zero-order chi connectivity index (χ0) is 15.7. The zero-order valence-electron chi connectivity index (χ0n) is 11.7. The van der Waals surface area contributed by atoms with E-state index in [-0.39, 0.29) is 5.97 Å². The molecule has 0 amide bonds. The van der Waals surface area contributed by atoms with Crippen LogP contribution in [0.25, 0.3) is 22.4 Å². The largest absolute Gasteiger partial charge is 0.462 e. The van der Waals surface area contributed by atoms with Gasteiger partial charge in [0.1, 0.15) is 11.3 Å². The fraction of sp³-hybridized carbons (Fsp3) is 0.125. The minimum absolute atomic E-state index is 0.336. The van der Waals surface area contributed by atoms with Crippen LogP contribution in [0.15, 0.2) is 40.9 Å². The summed E-state index contributed by atoms with van der Waals surface area (Å²) < 4.78 is 5.75. The van der Waals surface area contributed by atoms with Gasteiger partial charge in [0, 0.05) is 10.0 Å². The van der Waals surface area contributed by atoms with E-state index in [4.69, 9.17) is 16.3 Å². The highest BCUT2D eigenvalue weighted by Gasteiger charge is 2.15. The van der Waals surface area contributed by atoms with Crippen LogP contribution in [0, 0.1) is 0 Å². The Bertz CT molecular complexity index is 860. The minimum Gasteiger partial charge on any atom is -0.462 e. The molecule has 0 aliphatic heterocycles. The molecule has 0 bridgehead atoms. The number of halogens is 2. The Labute approximate surface area is 140 Å². The van der Waals surface area contributed by atoms with Crippen molar-refractivity contribution in [2.45, 2.75) is 6.92 Å². The lowest BCUT2D eigenvalue weighted by atomic mass is 10.2. The number of H-pyrrole nitrogens is 1. The van der Waals surface area contributed by atoms with E-state index in [0.29, 0.717) is 23.0 Å². The van der Waals surface area contributed by atoms with Gasteiger partial charge in [-0.1, -0.05) is 23.7 Å². The Hall–Kier alpha value is -1.85. The fourth-order valence-electron chi connectivity index (χ4n) is 2.19. The number of nitrogens with one attached hydrogen (secondary N) is 1. The number of imidazole rings is 1. The number of ether oxygens (including phenoxy) is 1. The van der Waals surface area contributed by atoms with E-state index in [2.05, 4.69) is 25.9 Å². The number of carbonyl (C=O) groups excluding carboxylic acids is 1. The Morgan fingerprint density at radius 3 is 2.86 bits per heavy atom. The van der Waals surface area contributed by atoms with Crippen molar-refractivity contribution < 1.29 is 9.53 Å². The van der Waals surface area contributed by atoms with Crippen molar-refractivity contribution in [2.75, 3.05) is 6.61 Å². The van der Waals surface area contributed by atoms with Crippen LogP contribution in [-0.4, -0.2) is 22.5 Å². The van der Waals surface area contributed by atoms with Crippen molar-refractivity contribution in [1.82, 2.24) is 9.97 Å². The van der Waals surface area contributed by atoms with Gasteiger partial charge in [0.2, 0.25) is 0 Å². The molecule has 0 fully saturated rings. The number of rotatable bonds is 3. The number of esters is 1. The van der Waals surface area contributed by atoms with Crippen molar-refractivity contribution >= 4 is 44.5 Å². The maximum Gasteiger partial charge on any atom is 0.338 e. The van der Waals surface area contributed by atoms with Gasteiger partial charge in [-0.2, -0.15) is 0 Å². The van der Waals surface area contributed by atoms with E-state index in [1.807, 2.05) is 24.3 Å². The smallest absolute Gasteiger partial charge is 0.338 e. The highest BCUT2D eigenvalue weighted by Crippen LogP contribution is 2.30. The summed E-state index contributed by atoms with van der Waals surface area (Å²) >= 11 is 9.65. The number of aromatic amines is 1. The molecular formula is C16H12BrClN2O2. The van der Waals surface area contributed by atoms with Crippen LogP contribution >= 0.6 is 27.5 Å². The molecule has 0 spiro atoms. The van der Waals surface area contributed by atoms with Crippen molar-refractivity contribution in [2.24, 2.45) is 0 Å². The van der Waals surface area contributed by atoms with Gasteiger partial charge in [0.25, 0.3) is 0 Å². The first-order valence-corrected chi connectivity index (χ1v) is 7.88. The molecule has 0 unspecified atom stereocenters. The summed E-state index contributed by atoms with van der Waals surface area (Å²) in [5.74, 6) is 0.293. The van der Waals surface area contributed by atoms with Gasteiger partial charge >= 0.3 is 5.97 Å². The van der Waals surface area contributed by atoms with Gasteiger partial charge in [-0.05, 0) is 47.1 Å². The molecule has 0 aliphatic carbocycles. The molecule has 0 saturated carbocycles. The SMILES string of the molecule is CCOC(=O)c1cc(Br)c2nc(-c3ccccc3Cl)[nH]c2c1. The van der Waals surface area contributed by atoms with Crippen LogP contribution < -0.4 is 0 Å². The lowest BCUT2D eigenvalue weighted by Crippen LogP contribution is -2.04. The molecule has 3 rings (SSSR count). The normalized spacial score (nSPS) is 10.9. The van der Waals surface area contributed by atoms with Crippen LogP contribution in [-0.2, 0) is 4.74 Å². The highest BCUT2D eigenvalue weighted by molar-refractivity contribution is 9.10. The molecule has 2 aromatic carbocycles. The van der Waals surface area contributed by atoms with Crippen LogP contribution in [0.4, 0.5) is 0 Å². The monoisotopic (exact) mass is 378 g/mol. The molecule has 0 saturated heterocycles. The molecule has 0 radical (unpaired) electrons. The predicted octanol–water partition coefficient (Wildman–Crippen LogP) is 4.82. The van der Waals surface area contributed by atoms with Crippen molar-refractivity contribution in [1.29, 1.82) is 0 Å². The van der Waals surface area contributed by atoms with Crippen LogP contribution in [0.3, 0.4) is 0 Å². The van der Waals surface area contributed by atoms with Gasteiger partial charge in [-0.15, -0.1) is 0 Å². The van der Waals surface area contributed by atoms with E-state index in [1.165, 1.54) is 0 Å². The molecular weight excluding hydrogens is 368 g/mol. The quantitative estimate of drug-likeness (QED) is 0.664. The number of aromatic nitrogens is 2. The van der Waals surface area contributed by atoms with E-state index >= 15 is 0 Å². The van der Waals surface area contributed by atoms with Crippen molar-refractivity contribution in [3.8, 4) is 11.4 Å². The molecule has 1 heterocycles. The Kier molecular flexibility index (Phi) is 4.18. The van der Waals surface area contributed by atoms with Crippen LogP contribution in [0.2, 0.25) is 5.02 Å². The molecule has 1 N–H and O–H groups in total. The lowest BCUT2D eigenvalue weighted by Gasteiger charge is -2.02. The predicted molar refractivity (Wildman–Crippen MR) is 90.2 cm³/mol. The molecule has 4 nitrogen and oxygen atoms in total. The van der Waals surface area contributed by atoms with E-state index in [1.54, 1.807) is 19.1 Å². The van der Waals surface area contributed by atoms with Gasteiger partial charge in [-0.25, -0.2) is 9.78 Å². The van der Waals surface area contributed by atoms with Crippen molar-refractivity contribution in [3.05, 3.63) is 51.5 Å². The minimum atomic E-state index is -0.362. The summed E-state index contributed by atoms with van der Waals surface area (Å²) in [6, 6.07) is 10.9. The number of benzene rings is 2. The number of hydrogen-bond donors (Lipinski definition) is 1. The van der Waals surface area contributed by atoms with Crippen LogP contribution in [0.1, 0.15) is 17.3 Å². The third-order valence-electron chi connectivity index (χ3n) is 3.18. The molecule has 3 aromatic rings. The number of carbonyl (C=O) groups is 1. The van der Waals surface area contributed by atoms with Gasteiger partial charge < -0.3 is 9.72 Å². The summed E-state index contributed by atoms with van der Waals surface area (Å²) in [5.41, 5.74) is 2.76. The highest BCUT2D eigenvalue weighted by atomic mass is 79.9. The summed E-state index contributed by atoms with van der Waals surface area (Å²) in [6.45, 7) is 2.11. The van der Waals surface area contributed by atoms with E-state index < -0.39 is 0 Å². The van der Waals surface area contributed by atoms with Gasteiger partial charge in [0.05, 0.1) is 22.7 Å². The molecule has 112 valence electrons. The Morgan fingerprint density at radius 2 is 2.14 bits per heavy atom. The maximum atomic E-state index is 11.9. The number of nitrogens with zero attached hydrogens (tertiary/aromatic N) is 1. The number of fused-ring (bicyclic) bond motifs is 1. The summed E-state index contributed by atoms with van der Waals surface area (Å²) in [4.78, 5) is 19.6. The fourth-order valence-corrected chi connectivity index (χ4v) is 2.96. The third-order valence-corrected chi connectivity index (χ3v) is 4.11. The third kappa shape index (κ3) is 2.74. The topological polar surface area (TPSA) is 55.0 Å². The average Bonchev–Trinajstić information content (AvgIpc) is 2.92. The Morgan fingerprint density at radius 1 is 1.36 bits per heavy atom. The van der Waals surface area contributed by atoms with Crippen molar-refractivity contribution in [3.63, 3.8) is 0 Å². The zero-order valence-corrected chi connectivity index (χ0v) is 14.0. The standard InChI is InChI=1S/C16H12BrClN2O2/c1-2-22-16(21)9-7-11(17)14-13(8-9)19-15(20-14)10-5-3-4-6-12(10)18/h3-8H,2H2,1H3,(H,19,20). The van der Waals surface area contributed by atoms with Crippen LogP contribution in [0.5, 0.6) is 0 Å². The second-order valence-electron chi connectivity index (χ2n) is 4.64. The second kappa shape index (κ2) is 6.10.